The quantitative estimate of drug-likeness (QED) is 0.655. The van der Waals surface area contributed by atoms with Gasteiger partial charge in [-0.05, 0) is 24.3 Å². The molecule has 3 N–H and O–H groups in total. The first-order valence-electron chi connectivity index (χ1n) is 7.06. The Morgan fingerprint density at radius 3 is 1.87 bits per heavy atom. The van der Waals surface area contributed by atoms with E-state index >= 15 is 0 Å². The van der Waals surface area contributed by atoms with Crippen LogP contribution in [0.25, 0.3) is 0 Å². The molecule has 1 saturated heterocycles. The van der Waals surface area contributed by atoms with E-state index in [4.69, 9.17) is 19.8 Å². The summed E-state index contributed by atoms with van der Waals surface area (Å²) >= 11 is 0. The number of carboxylic acid groups (broad SMARTS) is 2. The lowest BCUT2D eigenvalue weighted by atomic mass is 10.1. The largest absolute Gasteiger partial charge is 0.473 e. The highest BCUT2D eigenvalue weighted by Gasteiger charge is 2.12. The normalized spacial score (nSPS) is 13.6. The zero-order valence-corrected chi connectivity index (χ0v) is 13.2. The van der Waals surface area contributed by atoms with Crippen LogP contribution in [-0.4, -0.2) is 73.2 Å². The van der Waals surface area contributed by atoms with Crippen molar-refractivity contribution in [2.45, 2.75) is 0 Å². The van der Waals surface area contributed by atoms with E-state index in [2.05, 4.69) is 10.2 Å². The van der Waals surface area contributed by atoms with E-state index in [9.17, 15) is 4.79 Å². The van der Waals surface area contributed by atoms with Gasteiger partial charge in [-0.25, -0.2) is 9.59 Å². The van der Waals surface area contributed by atoms with E-state index in [1.807, 2.05) is 24.3 Å². The Labute approximate surface area is 134 Å². The third-order valence-corrected chi connectivity index (χ3v) is 3.19. The number of hydrogen-bond acceptors (Lipinski definition) is 5. The SMILES string of the molecule is CN(C)C(=O)c1ccc(N2CCNCC2)cc1.O=C(O)C(=O)O. The molecule has 0 atom stereocenters. The summed E-state index contributed by atoms with van der Waals surface area (Å²) in [4.78, 5) is 33.9. The van der Waals surface area contributed by atoms with Gasteiger partial charge in [0, 0.05) is 51.5 Å². The van der Waals surface area contributed by atoms with Crippen LogP contribution in [-0.2, 0) is 9.59 Å². The predicted molar refractivity (Wildman–Crippen MR) is 84.8 cm³/mol. The number of hydrogen-bond donors (Lipinski definition) is 3. The van der Waals surface area contributed by atoms with E-state index in [-0.39, 0.29) is 5.91 Å². The van der Waals surface area contributed by atoms with Crippen molar-refractivity contribution in [3.63, 3.8) is 0 Å². The lowest BCUT2D eigenvalue weighted by Gasteiger charge is -2.29. The molecule has 0 saturated carbocycles. The summed E-state index contributed by atoms with van der Waals surface area (Å²) in [6.07, 6.45) is 0. The van der Waals surface area contributed by atoms with Crippen molar-refractivity contribution in [1.82, 2.24) is 10.2 Å². The summed E-state index contributed by atoms with van der Waals surface area (Å²) in [5.41, 5.74) is 1.94. The summed E-state index contributed by atoms with van der Waals surface area (Å²) < 4.78 is 0. The topological polar surface area (TPSA) is 110 Å². The highest BCUT2D eigenvalue weighted by Crippen LogP contribution is 2.16. The van der Waals surface area contributed by atoms with Gasteiger partial charge in [0.05, 0.1) is 0 Å². The smallest absolute Gasteiger partial charge is 0.414 e. The van der Waals surface area contributed by atoms with Gasteiger partial charge in [0.1, 0.15) is 0 Å². The van der Waals surface area contributed by atoms with Gasteiger partial charge in [-0.1, -0.05) is 0 Å². The molecule has 1 heterocycles. The molecule has 8 nitrogen and oxygen atoms in total. The Morgan fingerprint density at radius 1 is 1.00 bits per heavy atom. The fourth-order valence-corrected chi connectivity index (χ4v) is 2.00. The maximum Gasteiger partial charge on any atom is 0.414 e. The van der Waals surface area contributed by atoms with E-state index in [0.717, 1.165) is 31.7 Å². The van der Waals surface area contributed by atoms with Crippen molar-refractivity contribution in [2.75, 3.05) is 45.2 Å². The first-order valence-corrected chi connectivity index (χ1v) is 7.06. The molecule has 0 unspecified atom stereocenters. The molecule has 0 radical (unpaired) electrons. The Balaban J connectivity index is 0.000000379. The highest BCUT2D eigenvalue weighted by molar-refractivity contribution is 6.27. The molecular formula is C15H21N3O5. The zero-order chi connectivity index (χ0) is 17.4. The number of rotatable bonds is 2. The lowest BCUT2D eigenvalue weighted by molar-refractivity contribution is -0.159. The highest BCUT2D eigenvalue weighted by atomic mass is 16.4. The molecule has 1 aliphatic heterocycles. The van der Waals surface area contributed by atoms with Crippen LogP contribution in [0.5, 0.6) is 0 Å². The van der Waals surface area contributed by atoms with Crippen molar-refractivity contribution < 1.29 is 24.6 Å². The van der Waals surface area contributed by atoms with E-state index in [1.165, 1.54) is 5.69 Å². The number of carbonyl (C=O) groups excluding carboxylic acids is 1. The van der Waals surface area contributed by atoms with Crippen LogP contribution >= 0.6 is 0 Å². The van der Waals surface area contributed by atoms with Crippen LogP contribution in [0.3, 0.4) is 0 Å². The molecule has 1 amide bonds. The lowest BCUT2D eigenvalue weighted by Crippen LogP contribution is -2.43. The second kappa shape index (κ2) is 8.74. The van der Waals surface area contributed by atoms with Crippen molar-refractivity contribution in [1.29, 1.82) is 0 Å². The minimum Gasteiger partial charge on any atom is -0.473 e. The van der Waals surface area contributed by atoms with Crippen LogP contribution in [0, 0.1) is 0 Å². The Kier molecular flexibility index (Phi) is 7.01. The summed E-state index contributed by atoms with van der Waals surface area (Å²) in [5, 5.41) is 18.1. The molecule has 1 fully saturated rings. The van der Waals surface area contributed by atoms with Crippen LogP contribution in [0.2, 0.25) is 0 Å². The van der Waals surface area contributed by atoms with Gasteiger partial charge in [-0.2, -0.15) is 0 Å². The summed E-state index contributed by atoms with van der Waals surface area (Å²) in [5.74, 6) is -3.60. The van der Waals surface area contributed by atoms with Crippen molar-refractivity contribution in [3.8, 4) is 0 Å². The monoisotopic (exact) mass is 323 g/mol. The van der Waals surface area contributed by atoms with Crippen LogP contribution in [0.15, 0.2) is 24.3 Å². The molecular weight excluding hydrogens is 302 g/mol. The minimum absolute atomic E-state index is 0.0526. The van der Waals surface area contributed by atoms with Crippen molar-refractivity contribution in [2.24, 2.45) is 0 Å². The van der Waals surface area contributed by atoms with Gasteiger partial charge in [-0.3, -0.25) is 4.79 Å². The van der Waals surface area contributed by atoms with Gasteiger partial charge in [0.25, 0.3) is 5.91 Å². The molecule has 0 aromatic heterocycles. The second-order valence-corrected chi connectivity index (χ2v) is 5.09. The number of anilines is 1. The van der Waals surface area contributed by atoms with Crippen molar-refractivity contribution in [3.05, 3.63) is 29.8 Å². The Morgan fingerprint density at radius 2 is 1.48 bits per heavy atom. The molecule has 23 heavy (non-hydrogen) atoms. The van der Waals surface area contributed by atoms with Gasteiger partial charge in [0.15, 0.2) is 0 Å². The van der Waals surface area contributed by atoms with Gasteiger partial charge >= 0.3 is 11.9 Å². The van der Waals surface area contributed by atoms with Crippen LogP contribution < -0.4 is 10.2 Å². The molecule has 0 spiro atoms. The van der Waals surface area contributed by atoms with Crippen LogP contribution in [0.4, 0.5) is 5.69 Å². The maximum absolute atomic E-state index is 11.7. The molecule has 0 aliphatic carbocycles. The third-order valence-electron chi connectivity index (χ3n) is 3.19. The minimum atomic E-state index is -1.82. The van der Waals surface area contributed by atoms with E-state index in [1.54, 1.807) is 19.0 Å². The number of nitrogens with zero attached hydrogens (tertiary/aromatic N) is 2. The number of aliphatic carboxylic acids is 2. The number of amides is 1. The average Bonchev–Trinajstić information content (AvgIpc) is 2.55. The molecule has 1 aromatic rings. The third kappa shape index (κ3) is 5.95. The standard InChI is InChI=1S/C13H19N3O.C2H2O4/c1-15(2)13(17)11-3-5-12(6-4-11)16-9-7-14-8-10-16;3-1(4)2(5)6/h3-6,14H,7-10H2,1-2H3;(H,3,4)(H,5,6). The molecule has 126 valence electrons. The zero-order valence-electron chi connectivity index (χ0n) is 13.2. The first kappa shape index (κ1) is 18.4. The van der Waals surface area contributed by atoms with Crippen LogP contribution in [0.1, 0.15) is 10.4 Å². The van der Waals surface area contributed by atoms with E-state index < -0.39 is 11.9 Å². The summed E-state index contributed by atoms with van der Waals surface area (Å²) in [6, 6.07) is 7.86. The molecule has 0 bridgehead atoms. The second-order valence-electron chi connectivity index (χ2n) is 5.09. The summed E-state index contributed by atoms with van der Waals surface area (Å²) in [7, 11) is 3.54. The number of carbonyl (C=O) groups is 3. The van der Waals surface area contributed by atoms with Gasteiger partial charge in [-0.15, -0.1) is 0 Å². The van der Waals surface area contributed by atoms with E-state index in [0.29, 0.717) is 0 Å². The number of nitrogens with one attached hydrogen (secondary N) is 1. The first-order chi connectivity index (χ1) is 10.8. The summed E-state index contributed by atoms with van der Waals surface area (Å²) in [6.45, 7) is 4.11. The molecule has 1 aliphatic rings. The van der Waals surface area contributed by atoms with Gasteiger partial charge < -0.3 is 25.3 Å². The van der Waals surface area contributed by atoms with Gasteiger partial charge in [0.2, 0.25) is 0 Å². The predicted octanol–water partition coefficient (Wildman–Crippen LogP) is -0.0464. The number of benzene rings is 1. The Hall–Kier alpha value is -2.61. The molecule has 2 rings (SSSR count). The number of carboxylic acids is 2. The fraction of sp³-hybridized carbons (Fsp3) is 0.400. The maximum atomic E-state index is 11.7. The average molecular weight is 323 g/mol. The molecule has 1 aromatic carbocycles. The fourth-order valence-electron chi connectivity index (χ4n) is 2.00. The Bertz CT molecular complexity index is 539. The molecule has 8 heteroatoms. The van der Waals surface area contributed by atoms with Crippen molar-refractivity contribution >= 4 is 23.5 Å². The number of piperazine rings is 1.